The topological polar surface area (TPSA) is 120 Å². The second-order valence-electron chi connectivity index (χ2n) is 11.7. The maximum absolute atomic E-state index is 13.9. The first kappa shape index (κ1) is 31.9. The largest absolute Gasteiger partial charge is 0.343 e. The third kappa shape index (κ3) is 8.73. The van der Waals surface area contributed by atoms with E-state index >= 15 is 0 Å². The van der Waals surface area contributed by atoms with Crippen LogP contribution in [0.1, 0.15) is 58.4 Å². The third-order valence-electron chi connectivity index (χ3n) is 7.62. The van der Waals surface area contributed by atoms with E-state index in [2.05, 4.69) is 20.9 Å². The average Bonchev–Trinajstić information content (AvgIpc) is 3.37. The summed E-state index contributed by atoms with van der Waals surface area (Å²) in [7, 11) is 3.39. The van der Waals surface area contributed by atoms with Crippen molar-refractivity contribution in [2.24, 2.45) is 5.92 Å². The van der Waals surface area contributed by atoms with Gasteiger partial charge in [0.2, 0.25) is 23.6 Å². The van der Waals surface area contributed by atoms with E-state index in [1.165, 1.54) is 0 Å². The molecular weight excluding hydrogens is 571 g/mol. The van der Waals surface area contributed by atoms with E-state index < -0.39 is 35.5 Å². The van der Waals surface area contributed by atoms with Crippen LogP contribution < -0.4 is 16.0 Å². The highest BCUT2D eigenvalue weighted by atomic mass is 33.1. The minimum absolute atomic E-state index is 0.119. The van der Waals surface area contributed by atoms with Crippen LogP contribution in [0.5, 0.6) is 0 Å². The number of hydrogen-bond donors (Lipinski definition) is 3. The van der Waals surface area contributed by atoms with Crippen LogP contribution in [-0.4, -0.2) is 69.5 Å². The Morgan fingerprint density at radius 3 is 2.43 bits per heavy atom. The predicted molar refractivity (Wildman–Crippen MR) is 167 cm³/mol. The van der Waals surface area contributed by atoms with Crippen LogP contribution in [0.2, 0.25) is 0 Å². The van der Waals surface area contributed by atoms with Crippen molar-refractivity contribution in [2.45, 2.75) is 88.0 Å². The van der Waals surface area contributed by atoms with Crippen molar-refractivity contribution in [3.8, 4) is 0 Å². The summed E-state index contributed by atoms with van der Waals surface area (Å²) >= 11 is 0. The van der Waals surface area contributed by atoms with Crippen molar-refractivity contribution >= 4 is 45.2 Å². The van der Waals surface area contributed by atoms with E-state index in [4.69, 9.17) is 0 Å². The van der Waals surface area contributed by atoms with Crippen molar-refractivity contribution in [3.05, 3.63) is 60.3 Å². The smallest absolute Gasteiger partial charge is 0.246 e. The summed E-state index contributed by atoms with van der Waals surface area (Å²) in [5.41, 5.74) is -0.391. The van der Waals surface area contributed by atoms with Crippen LogP contribution in [-0.2, 0) is 25.6 Å². The molecule has 2 aromatic rings. The molecule has 1 aromatic carbocycles. The first-order valence-corrected chi connectivity index (χ1v) is 16.9. The number of carbonyl (C=O) groups is 4. The molecular formula is C31H41N5O4S2. The van der Waals surface area contributed by atoms with Crippen molar-refractivity contribution < 1.29 is 19.2 Å². The number of benzene rings is 1. The SMILES string of the molecule is CC1C[C@@H]2C(=O)N[C@@H](CCCCCSSc3ccccn3)C(=O)NC(C)(C)C(=O)N[C@@H](Cc3ccccc3)C(=O)N2C1. The summed E-state index contributed by atoms with van der Waals surface area (Å²) in [5, 5.41) is 9.65. The predicted octanol–water partition coefficient (Wildman–Crippen LogP) is 3.74. The Bertz CT molecular complexity index is 1230. The summed E-state index contributed by atoms with van der Waals surface area (Å²) in [4.78, 5) is 60.2. The number of nitrogens with one attached hydrogen (secondary N) is 3. The average molecular weight is 612 g/mol. The van der Waals surface area contributed by atoms with Crippen LogP contribution in [0.15, 0.2) is 59.8 Å². The Labute approximate surface area is 256 Å². The molecule has 0 spiro atoms. The molecule has 9 nitrogen and oxygen atoms in total. The zero-order valence-corrected chi connectivity index (χ0v) is 26.1. The molecule has 226 valence electrons. The Morgan fingerprint density at radius 2 is 1.69 bits per heavy atom. The van der Waals surface area contributed by atoms with Crippen molar-refractivity contribution in [1.82, 2.24) is 25.8 Å². The molecule has 42 heavy (non-hydrogen) atoms. The second-order valence-corrected chi connectivity index (χ2v) is 14.1. The number of rotatable bonds is 10. The summed E-state index contributed by atoms with van der Waals surface area (Å²) in [5.74, 6) is -0.378. The lowest BCUT2D eigenvalue weighted by molar-refractivity contribution is -0.144. The molecule has 2 aliphatic rings. The molecule has 2 aliphatic heterocycles. The van der Waals surface area contributed by atoms with Gasteiger partial charge in [0.1, 0.15) is 28.7 Å². The number of hydrogen-bond acceptors (Lipinski definition) is 7. The molecule has 0 radical (unpaired) electrons. The fraction of sp³-hybridized carbons (Fsp3) is 0.516. The van der Waals surface area contributed by atoms with Crippen molar-refractivity contribution in [1.29, 1.82) is 0 Å². The normalized spacial score (nSPS) is 24.6. The molecule has 11 heteroatoms. The lowest BCUT2D eigenvalue weighted by Crippen LogP contribution is -2.64. The van der Waals surface area contributed by atoms with Gasteiger partial charge in [0.05, 0.1) is 0 Å². The number of aromatic nitrogens is 1. The molecule has 3 N–H and O–H groups in total. The van der Waals surface area contributed by atoms with Crippen molar-refractivity contribution in [3.63, 3.8) is 0 Å². The van der Waals surface area contributed by atoms with Gasteiger partial charge in [-0.25, -0.2) is 4.98 Å². The molecule has 3 heterocycles. The van der Waals surface area contributed by atoms with Gasteiger partial charge in [-0.3, -0.25) is 19.2 Å². The zero-order chi connectivity index (χ0) is 30.1. The number of amides is 4. The molecule has 4 amide bonds. The van der Waals surface area contributed by atoms with Gasteiger partial charge in [0, 0.05) is 24.9 Å². The van der Waals surface area contributed by atoms with Crippen LogP contribution in [0.25, 0.3) is 0 Å². The third-order valence-corrected chi connectivity index (χ3v) is 9.97. The van der Waals surface area contributed by atoms with Gasteiger partial charge in [-0.1, -0.05) is 67.0 Å². The molecule has 4 rings (SSSR count). The first-order chi connectivity index (χ1) is 20.1. The summed E-state index contributed by atoms with van der Waals surface area (Å²) < 4.78 is 0. The Kier molecular flexibility index (Phi) is 11.3. The van der Waals surface area contributed by atoms with Gasteiger partial charge < -0.3 is 20.9 Å². The minimum atomic E-state index is -1.29. The fourth-order valence-electron chi connectivity index (χ4n) is 5.30. The number of unbranched alkanes of at least 4 members (excludes halogenated alkanes) is 2. The van der Waals surface area contributed by atoms with Crippen LogP contribution in [0.4, 0.5) is 0 Å². The maximum atomic E-state index is 13.9. The van der Waals surface area contributed by atoms with Gasteiger partial charge >= 0.3 is 0 Å². The molecule has 1 unspecified atom stereocenters. The highest BCUT2D eigenvalue weighted by Crippen LogP contribution is 2.30. The summed E-state index contributed by atoms with van der Waals surface area (Å²) in [6, 6.07) is 13.0. The number of nitrogens with zero attached hydrogens (tertiary/aromatic N) is 2. The molecule has 0 saturated carbocycles. The van der Waals surface area contributed by atoms with Crippen LogP contribution in [0.3, 0.4) is 0 Å². The Hall–Kier alpha value is -3.05. The van der Waals surface area contributed by atoms with Gasteiger partial charge in [0.25, 0.3) is 0 Å². The number of pyridine rings is 1. The molecule has 0 aliphatic carbocycles. The summed E-state index contributed by atoms with van der Waals surface area (Å²) in [6.07, 6.45) is 5.62. The molecule has 4 atom stereocenters. The monoisotopic (exact) mass is 611 g/mol. The maximum Gasteiger partial charge on any atom is 0.246 e. The Morgan fingerprint density at radius 1 is 0.929 bits per heavy atom. The van der Waals surface area contributed by atoms with Gasteiger partial charge in [0.15, 0.2) is 0 Å². The van der Waals surface area contributed by atoms with Gasteiger partial charge in [-0.05, 0) is 67.5 Å². The molecule has 2 fully saturated rings. The highest BCUT2D eigenvalue weighted by Gasteiger charge is 2.43. The van der Waals surface area contributed by atoms with Crippen molar-refractivity contribution in [2.75, 3.05) is 12.3 Å². The minimum Gasteiger partial charge on any atom is -0.343 e. The van der Waals surface area contributed by atoms with Gasteiger partial charge in [-0.2, -0.15) is 0 Å². The molecule has 2 saturated heterocycles. The molecule has 1 aromatic heterocycles. The lowest BCUT2D eigenvalue weighted by atomic mass is 9.98. The zero-order valence-electron chi connectivity index (χ0n) is 24.5. The van der Waals surface area contributed by atoms with Crippen LogP contribution in [0, 0.1) is 5.92 Å². The first-order valence-electron chi connectivity index (χ1n) is 14.6. The quantitative estimate of drug-likeness (QED) is 0.277. The summed E-state index contributed by atoms with van der Waals surface area (Å²) in [6.45, 7) is 5.67. The second kappa shape index (κ2) is 14.9. The van der Waals surface area contributed by atoms with E-state index in [0.29, 0.717) is 19.4 Å². The lowest BCUT2D eigenvalue weighted by Gasteiger charge is -2.34. The standard InChI is InChI=1S/C31H41N5O4S2/c1-21-18-25-28(38)33-23(14-8-5-11-17-41-42-26-15-9-10-16-32-26)27(37)35-31(2,3)30(40)34-24(29(39)36(25)20-21)19-22-12-6-4-7-13-22/h4,6-7,9-10,12-13,15-16,21,23-25H,5,8,11,14,17-20H2,1-3H3,(H,33,38)(H,34,40)(H,35,37)/t21?,23-,24-,25+/m0/s1. The van der Waals surface area contributed by atoms with E-state index in [1.807, 2.05) is 55.5 Å². The van der Waals surface area contributed by atoms with Crippen LogP contribution >= 0.6 is 21.6 Å². The van der Waals surface area contributed by atoms with Gasteiger partial charge in [-0.15, -0.1) is 0 Å². The Balaban J connectivity index is 1.43. The highest BCUT2D eigenvalue weighted by molar-refractivity contribution is 8.76. The molecule has 0 bridgehead atoms. The van der Waals surface area contributed by atoms with E-state index in [-0.39, 0.29) is 24.2 Å². The number of fused-ring (bicyclic) bond motifs is 1. The van der Waals surface area contributed by atoms with E-state index in [0.717, 1.165) is 35.6 Å². The van der Waals surface area contributed by atoms with E-state index in [1.54, 1.807) is 46.5 Å². The van der Waals surface area contributed by atoms with E-state index in [9.17, 15) is 19.2 Å². The fourth-order valence-corrected chi connectivity index (χ4v) is 7.33. The number of carbonyl (C=O) groups excluding carboxylic acids is 4.